The van der Waals surface area contributed by atoms with E-state index >= 15 is 0 Å². The standard InChI is InChI=1S/C13H15NS/c14-9-6-13(7-10-15-11-8-13)12-4-2-1-3-5-12/h1-5H,6-8,10-11H2. The molecule has 2 heteroatoms. The van der Waals surface area contributed by atoms with Crippen LogP contribution >= 0.6 is 11.8 Å². The van der Waals surface area contributed by atoms with Crippen LogP contribution in [0.4, 0.5) is 0 Å². The average molecular weight is 217 g/mol. The molecule has 0 unspecified atom stereocenters. The van der Waals surface area contributed by atoms with Crippen LogP contribution in [0.3, 0.4) is 0 Å². The third kappa shape index (κ3) is 2.18. The maximum Gasteiger partial charge on any atom is 0.0631 e. The van der Waals surface area contributed by atoms with E-state index in [4.69, 9.17) is 5.26 Å². The Morgan fingerprint density at radius 2 is 1.87 bits per heavy atom. The minimum atomic E-state index is 0.140. The second-order valence-electron chi connectivity index (χ2n) is 4.09. The summed E-state index contributed by atoms with van der Waals surface area (Å²) in [5.74, 6) is 2.38. The second-order valence-corrected chi connectivity index (χ2v) is 5.32. The molecule has 1 fully saturated rings. The van der Waals surface area contributed by atoms with Crippen LogP contribution in [0.1, 0.15) is 24.8 Å². The quantitative estimate of drug-likeness (QED) is 0.758. The smallest absolute Gasteiger partial charge is 0.0631 e. The lowest BCUT2D eigenvalue weighted by Gasteiger charge is -2.35. The highest BCUT2D eigenvalue weighted by Crippen LogP contribution is 2.40. The maximum absolute atomic E-state index is 8.99. The van der Waals surface area contributed by atoms with Crippen LogP contribution in [0, 0.1) is 11.3 Å². The number of hydrogen-bond acceptors (Lipinski definition) is 2. The molecule has 0 bridgehead atoms. The van der Waals surface area contributed by atoms with Crippen LogP contribution in [0.15, 0.2) is 30.3 Å². The summed E-state index contributed by atoms with van der Waals surface area (Å²) in [6.07, 6.45) is 2.96. The van der Waals surface area contributed by atoms with Crippen LogP contribution in [0.2, 0.25) is 0 Å². The summed E-state index contributed by atoms with van der Waals surface area (Å²) in [5, 5.41) is 8.99. The molecule has 0 amide bonds. The van der Waals surface area contributed by atoms with Crippen molar-refractivity contribution in [2.75, 3.05) is 11.5 Å². The van der Waals surface area contributed by atoms with E-state index in [0.717, 1.165) is 12.8 Å². The summed E-state index contributed by atoms with van der Waals surface area (Å²) in [4.78, 5) is 0. The molecule has 0 N–H and O–H groups in total. The van der Waals surface area contributed by atoms with E-state index in [2.05, 4.69) is 30.3 Å². The third-order valence-electron chi connectivity index (χ3n) is 3.25. The van der Waals surface area contributed by atoms with Gasteiger partial charge in [0.2, 0.25) is 0 Å². The van der Waals surface area contributed by atoms with Gasteiger partial charge in [-0.3, -0.25) is 0 Å². The summed E-state index contributed by atoms with van der Waals surface area (Å²) < 4.78 is 0. The van der Waals surface area contributed by atoms with Gasteiger partial charge < -0.3 is 0 Å². The molecule has 0 spiro atoms. The number of hydrogen-bond donors (Lipinski definition) is 0. The Kier molecular flexibility index (Phi) is 3.33. The van der Waals surface area contributed by atoms with Gasteiger partial charge in [0.15, 0.2) is 0 Å². The van der Waals surface area contributed by atoms with Gasteiger partial charge in [0.25, 0.3) is 0 Å². The van der Waals surface area contributed by atoms with Gasteiger partial charge in [-0.05, 0) is 29.9 Å². The van der Waals surface area contributed by atoms with E-state index in [1.807, 2.05) is 17.8 Å². The zero-order chi connectivity index (χ0) is 10.6. The normalized spacial score (nSPS) is 19.4. The first-order valence-electron chi connectivity index (χ1n) is 5.38. The van der Waals surface area contributed by atoms with E-state index in [-0.39, 0.29) is 5.41 Å². The topological polar surface area (TPSA) is 23.8 Å². The van der Waals surface area contributed by atoms with Gasteiger partial charge in [-0.15, -0.1) is 0 Å². The van der Waals surface area contributed by atoms with Crippen molar-refractivity contribution in [2.24, 2.45) is 0 Å². The highest BCUT2D eigenvalue weighted by atomic mass is 32.2. The molecule has 15 heavy (non-hydrogen) atoms. The molecule has 0 radical (unpaired) electrons. The van der Waals surface area contributed by atoms with Gasteiger partial charge in [-0.2, -0.15) is 17.0 Å². The molecule has 78 valence electrons. The van der Waals surface area contributed by atoms with Crippen molar-refractivity contribution in [2.45, 2.75) is 24.7 Å². The molecule has 1 heterocycles. The van der Waals surface area contributed by atoms with Crippen molar-refractivity contribution >= 4 is 11.8 Å². The monoisotopic (exact) mass is 217 g/mol. The molecule has 0 aliphatic carbocycles. The van der Waals surface area contributed by atoms with Crippen molar-refractivity contribution in [3.05, 3.63) is 35.9 Å². The van der Waals surface area contributed by atoms with Crippen LogP contribution in [0.25, 0.3) is 0 Å². The molecule has 0 saturated carbocycles. The van der Waals surface area contributed by atoms with E-state index in [0.29, 0.717) is 6.42 Å². The zero-order valence-corrected chi connectivity index (χ0v) is 9.59. The fourth-order valence-electron chi connectivity index (χ4n) is 2.27. The van der Waals surface area contributed by atoms with Gasteiger partial charge in [0, 0.05) is 11.8 Å². The summed E-state index contributed by atoms with van der Waals surface area (Å²) >= 11 is 2.01. The average Bonchev–Trinajstić information content (AvgIpc) is 2.32. The van der Waals surface area contributed by atoms with Gasteiger partial charge in [0.1, 0.15) is 0 Å². The summed E-state index contributed by atoms with van der Waals surface area (Å²) in [7, 11) is 0. The molecular weight excluding hydrogens is 202 g/mol. The van der Waals surface area contributed by atoms with Crippen LogP contribution < -0.4 is 0 Å². The summed E-state index contributed by atoms with van der Waals surface area (Å²) in [6.45, 7) is 0. The maximum atomic E-state index is 8.99. The Bertz CT molecular complexity index is 347. The lowest BCUT2D eigenvalue weighted by molar-refractivity contribution is 0.402. The van der Waals surface area contributed by atoms with Gasteiger partial charge in [-0.1, -0.05) is 30.3 Å². The van der Waals surface area contributed by atoms with Crippen LogP contribution in [0.5, 0.6) is 0 Å². The molecule has 1 aromatic rings. The Morgan fingerprint density at radius 3 is 2.47 bits per heavy atom. The van der Waals surface area contributed by atoms with Crippen molar-refractivity contribution in [1.82, 2.24) is 0 Å². The van der Waals surface area contributed by atoms with Gasteiger partial charge >= 0.3 is 0 Å². The van der Waals surface area contributed by atoms with Crippen LogP contribution in [-0.2, 0) is 5.41 Å². The van der Waals surface area contributed by atoms with Crippen molar-refractivity contribution in [3.8, 4) is 6.07 Å². The lowest BCUT2D eigenvalue weighted by Crippen LogP contribution is -2.30. The van der Waals surface area contributed by atoms with E-state index in [9.17, 15) is 0 Å². The predicted molar refractivity (Wildman–Crippen MR) is 64.9 cm³/mol. The Morgan fingerprint density at radius 1 is 1.20 bits per heavy atom. The highest BCUT2D eigenvalue weighted by molar-refractivity contribution is 7.99. The van der Waals surface area contributed by atoms with Crippen molar-refractivity contribution < 1.29 is 0 Å². The molecule has 1 saturated heterocycles. The molecule has 0 atom stereocenters. The fraction of sp³-hybridized carbons (Fsp3) is 0.462. The minimum Gasteiger partial charge on any atom is -0.198 e. The number of nitrogens with zero attached hydrogens (tertiary/aromatic N) is 1. The largest absolute Gasteiger partial charge is 0.198 e. The molecule has 0 aromatic heterocycles. The first-order chi connectivity index (χ1) is 7.37. The summed E-state index contributed by atoms with van der Waals surface area (Å²) in [6, 6.07) is 12.9. The number of nitriles is 1. The fourth-order valence-corrected chi connectivity index (χ4v) is 3.55. The minimum absolute atomic E-state index is 0.140. The first-order valence-corrected chi connectivity index (χ1v) is 6.53. The number of rotatable bonds is 2. The van der Waals surface area contributed by atoms with E-state index < -0.39 is 0 Å². The highest BCUT2D eigenvalue weighted by Gasteiger charge is 2.33. The van der Waals surface area contributed by atoms with Crippen LogP contribution in [-0.4, -0.2) is 11.5 Å². The lowest BCUT2D eigenvalue weighted by atomic mass is 9.73. The number of thioether (sulfide) groups is 1. The zero-order valence-electron chi connectivity index (χ0n) is 8.78. The van der Waals surface area contributed by atoms with Crippen molar-refractivity contribution in [3.63, 3.8) is 0 Å². The molecule has 1 aliphatic heterocycles. The Hall–Kier alpha value is -0.940. The molecular formula is C13H15NS. The van der Waals surface area contributed by atoms with E-state index in [1.54, 1.807) is 0 Å². The molecule has 1 aliphatic rings. The molecule has 1 aromatic carbocycles. The first kappa shape index (κ1) is 10.6. The second kappa shape index (κ2) is 4.72. The predicted octanol–water partition coefficient (Wildman–Crippen LogP) is 3.37. The van der Waals surface area contributed by atoms with Gasteiger partial charge in [-0.25, -0.2) is 0 Å². The molecule has 1 nitrogen and oxygen atoms in total. The third-order valence-corrected chi connectivity index (χ3v) is 4.24. The Balaban J connectivity index is 2.30. The van der Waals surface area contributed by atoms with Gasteiger partial charge in [0.05, 0.1) is 6.07 Å². The number of benzene rings is 1. The molecule has 2 rings (SSSR count). The Labute approximate surface area is 95.5 Å². The van der Waals surface area contributed by atoms with E-state index in [1.165, 1.54) is 17.1 Å². The summed E-state index contributed by atoms with van der Waals surface area (Å²) in [5.41, 5.74) is 1.49. The SMILES string of the molecule is N#CCC1(c2ccccc2)CCSCC1. The van der Waals surface area contributed by atoms with Crippen molar-refractivity contribution in [1.29, 1.82) is 5.26 Å².